The predicted molar refractivity (Wildman–Crippen MR) is 87.5 cm³/mol. The van der Waals surface area contributed by atoms with E-state index in [1.807, 2.05) is 11.8 Å². The first-order chi connectivity index (χ1) is 11.7. The molecule has 0 unspecified atom stereocenters. The van der Waals surface area contributed by atoms with Gasteiger partial charge in [-0.05, 0) is 38.5 Å². The van der Waals surface area contributed by atoms with Gasteiger partial charge in [0.2, 0.25) is 0 Å². The standard InChI is InChI=1S/C17H22N6O/c1-11-9-19-14(10-18-11)17(24)23-6-4-12(5-7-23)8-15-20-16(22-21-15)13-2-3-13/h9-10,12-13H,2-8H2,1H3,(H,20,21,22). The van der Waals surface area contributed by atoms with Gasteiger partial charge in [0.25, 0.3) is 5.91 Å². The number of aromatic amines is 1. The Labute approximate surface area is 140 Å². The highest BCUT2D eigenvalue weighted by Gasteiger charge is 2.29. The molecule has 1 aliphatic carbocycles. The van der Waals surface area contributed by atoms with Crippen LogP contribution in [0.1, 0.15) is 59.4 Å². The van der Waals surface area contributed by atoms with Gasteiger partial charge in [0, 0.05) is 31.6 Å². The SMILES string of the molecule is Cc1cnc(C(=O)N2CCC(Cc3nc(C4CC4)n[nH]3)CC2)cn1. The van der Waals surface area contributed by atoms with Crippen LogP contribution in [0.4, 0.5) is 0 Å². The molecule has 126 valence electrons. The first-order valence-corrected chi connectivity index (χ1v) is 8.68. The Balaban J connectivity index is 1.30. The molecule has 0 spiro atoms. The molecular formula is C17H22N6O. The Morgan fingerprint density at radius 1 is 1.21 bits per heavy atom. The van der Waals surface area contributed by atoms with Crippen LogP contribution in [0.5, 0.6) is 0 Å². The van der Waals surface area contributed by atoms with Gasteiger partial charge in [-0.25, -0.2) is 9.97 Å². The second kappa shape index (κ2) is 6.30. The number of likely N-dealkylation sites (tertiary alicyclic amines) is 1. The number of hydrogen-bond acceptors (Lipinski definition) is 5. The van der Waals surface area contributed by atoms with Crippen molar-refractivity contribution in [2.24, 2.45) is 5.92 Å². The maximum atomic E-state index is 12.5. The number of aryl methyl sites for hydroxylation is 1. The Morgan fingerprint density at radius 3 is 2.67 bits per heavy atom. The molecule has 2 aromatic rings. The average molecular weight is 326 g/mol. The van der Waals surface area contributed by atoms with Gasteiger partial charge < -0.3 is 4.90 Å². The van der Waals surface area contributed by atoms with Crippen molar-refractivity contribution in [3.8, 4) is 0 Å². The third kappa shape index (κ3) is 3.29. The summed E-state index contributed by atoms with van der Waals surface area (Å²) in [6.45, 7) is 3.40. The van der Waals surface area contributed by atoms with Crippen LogP contribution in [-0.2, 0) is 6.42 Å². The number of hydrogen-bond donors (Lipinski definition) is 1. The van der Waals surface area contributed by atoms with E-state index in [0.717, 1.165) is 49.7 Å². The molecular weight excluding hydrogens is 304 g/mol. The van der Waals surface area contributed by atoms with Crippen LogP contribution in [0, 0.1) is 12.8 Å². The first-order valence-electron chi connectivity index (χ1n) is 8.68. The van der Waals surface area contributed by atoms with Gasteiger partial charge in [-0.15, -0.1) is 0 Å². The maximum absolute atomic E-state index is 12.5. The molecule has 24 heavy (non-hydrogen) atoms. The molecule has 0 aromatic carbocycles. The summed E-state index contributed by atoms with van der Waals surface area (Å²) in [4.78, 5) is 27.3. The van der Waals surface area contributed by atoms with Gasteiger partial charge in [0.1, 0.15) is 11.5 Å². The molecule has 0 radical (unpaired) electrons. The molecule has 0 atom stereocenters. The van der Waals surface area contributed by atoms with Crippen LogP contribution in [-0.4, -0.2) is 49.0 Å². The van der Waals surface area contributed by atoms with E-state index < -0.39 is 0 Å². The number of carbonyl (C=O) groups is 1. The second-order valence-corrected chi connectivity index (χ2v) is 6.90. The minimum atomic E-state index is -0.0170. The summed E-state index contributed by atoms with van der Waals surface area (Å²) in [5.74, 6) is 3.10. The summed E-state index contributed by atoms with van der Waals surface area (Å²) in [5.41, 5.74) is 1.26. The van der Waals surface area contributed by atoms with Crippen LogP contribution in [0.3, 0.4) is 0 Å². The van der Waals surface area contributed by atoms with Crippen molar-refractivity contribution in [1.29, 1.82) is 0 Å². The summed E-state index contributed by atoms with van der Waals surface area (Å²) in [6, 6.07) is 0. The maximum Gasteiger partial charge on any atom is 0.274 e. The molecule has 7 nitrogen and oxygen atoms in total. The number of piperidine rings is 1. The lowest BCUT2D eigenvalue weighted by atomic mass is 9.93. The summed E-state index contributed by atoms with van der Waals surface area (Å²) in [7, 11) is 0. The van der Waals surface area contributed by atoms with Crippen LogP contribution in [0.2, 0.25) is 0 Å². The van der Waals surface area contributed by atoms with Gasteiger partial charge in [-0.2, -0.15) is 5.10 Å². The highest BCUT2D eigenvalue weighted by Crippen LogP contribution is 2.37. The lowest BCUT2D eigenvalue weighted by Crippen LogP contribution is -2.39. The lowest BCUT2D eigenvalue weighted by molar-refractivity contribution is 0.0683. The van der Waals surface area contributed by atoms with E-state index in [2.05, 4.69) is 25.1 Å². The van der Waals surface area contributed by atoms with Crippen molar-refractivity contribution < 1.29 is 4.79 Å². The molecule has 4 rings (SSSR count). The van der Waals surface area contributed by atoms with Crippen molar-refractivity contribution in [2.75, 3.05) is 13.1 Å². The van der Waals surface area contributed by atoms with E-state index in [9.17, 15) is 4.79 Å². The van der Waals surface area contributed by atoms with E-state index in [1.165, 1.54) is 12.8 Å². The molecule has 1 amide bonds. The van der Waals surface area contributed by atoms with Gasteiger partial charge >= 0.3 is 0 Å². The minimum absolute atomic E-state index is 0.0170. The number of H-pyrrole nitrogens is 1. The molecule has 2 aliphatic rings. The summed E-state index contributed by atoms with van der Waals surface area (Å²) >= 11 is 0. The van der Waals surface area contributed by atoms with Crippen molar-refractivity contribution in [2.45, 2.75) is 44.9 Å². The Morgan fingerprint density at radius 2 is 2.00 bits per heavy atom. The fourth-order valence-electron chi connectivity index (χ4n) is 3.20. The van der Waals surface area contributed by atoms with Gasteiger partial charge in [-0.1, -0.05) is 0 Å². The van der Waals surface area contributed by atoms with Gasteiger partial charge in [-0.3, -0.25) is 14.9 Å². The quantitative estimate of drug-likeness (QED) is 0.927. The van der Waals surface area contributed by atoms with E-state index in [-0.39, 0.29) is 5.91 Å². The van der Waals surface area contributed by atoms with Gasteiger partial charge in [0.15, 0.2) is 5.82 Å². The van der Waals surface area contributed by atoms with Crippen molar-refractivity contribution in [3.63, 3.8) is 0 Å². The Bertz CT molecular complexity index is 713. The zero-order chi connectivity index (χ0) is 16.5. The number of nitrogens with one attached hydrogen (secondary N) is 1. The highest BCUT2D eigenvalue weighted by atomic mass is 16.2. The third-order valence-corrected chi connectivity index (χ3v) is 4.88. The fraction of sp³-hybridized carbons (Fsp3) is 0.588. The predicted octanol–water partition coefficient (Wildman–Crippen LogP) is 1.88. The summed E-state index contributed by atoms with van der Waals surface area (Å²) in [6.07, 6.45) is 8.56. The van der Waals surface area contributed by atoms with Gasteiger partial charge in [0.05, 0.1) is 11.9 Å². The number of carbonyl (C=O) groups excluding carboxylic acids is 1. The summed E-state index contributed by atoms with van der Waals surface area (Å²) in [5, 5.41) is 7.40. The normalized spacial score (nSPS) is 18.8. The summed E-state index contributed by atoms with van der Waals surface area (Å²) < 4.78 is 0. The van der Waals surface area contributed by atoms with Crippen LogP contribution >= 0.6 is 0 Å². The largest absolute Gasteiger partial charge is 0.337 e. The monoisotopic (exact) mass is 326 g/mol. The topological polar surface area (TPSA) is 87.7 Å². The van der Waals surface area contributed by atoms with E-state index >= 15 is 0 Å². The zero-order valence-electron chi connectivity index (χ0n) is 13.9. The van der Waals surface area contributed by atoms with E-state index in [4.69, 9.17) is 0 Å². The van der Waals surface area contributed by atoms with Crippen LogP contribution < -0.4 is 0 Å². The molecule has 7 heteroatoms. The van der Waals surface area contributed by atoms with E-state index in [1.54, 1.807) is 12.4 Å². The molecule has 1 saturated heterocycles. The second-order valence-electron chi connectivity index (χ2n) is 6.90. The molecule has 0 bridgehead atoms. The Hall–Kier alpha value is -2.31. The number of nitrogens with zero attached hydrogens (tertiary/aromatic N) is 5. The molecule has 1 N–H and O–H groups in total. The Kier molecular flexibility index (Phi) is 4.00. The average Bonchev–Trinajstić information content (AvgIpc) is 3.36. The molecule has 1 saturated carbocycles. The van der Waals surface area contributed by atoms with E-state index in [0.29, 0.717) is 17.5 Å². The van der Waals surface area contributed by atoms with Crippen molar-refractivity contribution in [3.05, 3.63) is 35.4 Å². The number of aromatic nitrogens is 5. The minimum Gasteiger partial charge on any atom is -0.337 e. The molecule has 3 heterocycles. The molecule has 1 aliphatic heterocycles. The highest BCUT2D eigenvalue weighted by molar-refractivity contribution is 5.92. The third-order valence-electron chi connectivity index (χ3n) is 4.88. The van der Waals surface area contributed by atoms with Crippen LogP contribution in [0.25, 0.3) is 0 Å². The lowest BCUT2D eigenvalue weighted by Gasteiger charge is -2.31. The first kappa shape index (κ1) is 15.2. The molecule has 2 aromatic heterocycles. The number of rotatable bonds is 4. The van der Waals surface area contributed by atoms with Crippen molar-refractivity contribution >= 4 is 5.91 Å². The zero-order valence-corrected chi connectivity index (χ0v) is 13.9. The van der Waals surface area contributed by atoms with Crippen LogP contribution in [0.15, 0.2) is 12.4 Å². The van der Waals surface area contributed by atoms with Crippen molar-refractivity contribution in [1.82, 2.24) is 30.0 Å². The number of amides is 1. The smallest absolute Gasteiger partial charge is 0.274 e. The molecule has 2 fully saturated rings. The fourth-order valence-corrected chi connectivity index (χ4v) is 3.20.